The van der Waals surface area contributed by atoms with Gasteiger partial charge >= 0.3 is 0 Å². The van der Waals surface area contributed by atoms with Crippen molar-refractivity contribution in [1.82, 2.24) is 19.7 Å². The molecule has 27 heavy (non-hydrogen) atoms. The van der Waals surface area contributed by atoms with Crippen molar-refractivity contribution >= 4 is 45.9 Å². The van der Waals surface area contributed by atoms with Crippen LogP contribution in [0.3, 0.4) is 0 Å². The molecule has 1 aliphatic heterocycles. The highest BCUT2D eigenvalue weighted by Crippen LogP contribution is 2.15. The summed E-state index contributed by atoms with van der Waals surface area (Å²) in [5.41, 5.74) is 1.24. The number of ether oxygens (including phenoxy) is 1. The van der Waals surface area contributed by atoms with Gasteiger partial charge in [-0.3, -0.25) is 9.89 Å². The summed E-state index contributed by atoms with van der Waals surface area (Å²) < 4.78 is 9.17. The molecule has 0 aromatic carbocycles. The fourth-order valence-electron chi connectivity index (χ4n) is 3.27. The van der Waals surface area contributed by atoms with E-state index < -0.39 is 0 Å². The second kappa shape index (κ2) is 12.3. The standard InChI is InChI=1S/C19H34BrN5O.HI/c1-6-21-19(24(5)13-17-9-16(20)12-23(17)4)22-10-18-14-25(7-8-26-18)11-15(2)3;/h9,12,15,18H,6-8,10-11,13-14H2,1-5H3,(H,21,22);1H. The van der Waals surface area contributed by atoms with Crippen LogP contribution in [0.15, 0.2) is 21.7 Å². The second-order valence-electron chi connectivity index (χ2n) is 7.46. The molecule has 1 aliphatic rings. The molecule has 0 saturated carbocycles. The second-order valence-corrected chi connectivity index (χ2v) is 8.37. The van der Waals surface area contributed by atoms with Crippen molar-refractivity contribution in [3.05, 3.63) is 22.4 Å². The number of hydrogen-bond acceptors (Lipinski definition) is 3. The van der Waals surface area contributed by atoms with Gasteiger partial charge in [0.05, 0.1) is 25.8 Å². The van der Waals surface area contributed by atoms with Crippen molar-refractivity contribution < 1.29 is 4.74 Å². The largest absolute Gasteiger partial charge is 0.374 e. The average Bonchev–Trinajstić information content (AvgIpc) is 2.88. The highest BCUT2D eigenvalue weighted by molar-refractivity contribution is 14.0. The Bertz CT molecular complexity index is 593. The van der Waals surface area contributed by atoms with E-state index in [0.717, 1.165) is 49.8 Å². The molecule has 0 bridgehead atoms. The van der Waals surface area contributed by atoms with Crippen LogP contribution in [0, 0.1) is 5.92 Å². The summed E-state index contributed by atoms with van der Waals surface area (Å²) in [4.78, 5) is 9.50. The first-order chi connectivity index (χ1) is 12.4. The van der Waals surface area contributed by atoms with Crippen LogP contribution >= 0.6 is 39.9 Å². The first kappa shape index (κ1) is 24.7. The Hall–Kier alpha value is -0.320. The lowest BCUT2D eigenvalue weighted by atomic mass is 10.2. The predicted octanol–water partition coefficient (Wildman–Crippen LogP) is 3.16. The summed E-state index contributed by atoms with van der Waals surface area (Å²) in [6.07, 6.45) is 2.25. The first-order valence-corrected chi connectivity index (χ1v) is 10.3. The highest BCUT2D eigenvalue weighted by Gasteiger charge is 2.21. The molecular weight excluding hydrogens is 521 g/mol. The van der Waals surface area contributed by atoms with Crippen molar-refractivity contribution in [3.63, 3.8) is 0 Å². The van der Waals surface area contributed by atoms with Crippen molar-refractivity contribution in [2.75, 3.05) is 46.4 Å². The van der Waals surface area contributed by atoms with Gasteiger partial charge in [0.15, 0.2) is 5.96 Å². The highest BCUT2D eigenvalue weighted by atomic mass is 127. The number of halogens is 2. The zero-order valence-electron chi connectivity index (χ0n) is 17.2. The molecule has 1 unspecified atom stereocenters. The Morgan fingerprint density at radius 1 is 1.48 bits per heavy atom. The summed E-state index contributed by atoms with van der Waals surface area (Å²) in [7, 11) is 4.15. The van der Waals surface area contributed by atoms with Gasteiger partial charge < -0.3 is 19.5 Å². The topological polar surface area (TPSA) is 45.0 Å². The minimum Gasteiger partial charge on any atom is -0.374 e. The third-order valence-electron chi connectivity index (χ3n) is 4.46. The number of morpholine rings is 1. The van der Waals surface area contributed by atoms with Crippen molar-refractivity contribution in [1.29, 1.82) is 0 Å². The Labute approximate surface area is 189 Å². The van der Waals surface area contributed by atoms with Crippen LogP contribution in [-0.4, -0.2) is 72.8 Å². The summed E-state index contributed by atoms with van der Waals surface area (Å²) in [5.74, 6) is 1.61. The van der Waals surface area contributed by atoms with E-state index in [0.29, 0.717) is 12.5 Å². The maximum absolute atomic E-state index is 5.93. The normalized spacial score (nSPS) is 18.5. The number of aromatic nitrogens is 1. The van der Waals surface area contributed by atoms with Crippen LogP contribution in [0.4, 0.5) is 0 Å². The molecule has 2 heterocycles. The Kier molecular flexibility index (Phi) is 11.2. The van der Waals surface area contributed by atoms with Crippen LogP contribution in [0.5, 0.6) is 0 Å². The minimum absolute atomic E-state index is 0. The van der Waals surface area contributed by atoms with E-state index in [-0.39, 0.29) is 30.1 Å². The molecule has 2 rings (SSSR count). The summed E-state index contributed by atoms with van der Waals surface area (Å²) in [5, 5.41) is 3.40. The number of aliphatic imine (C=N–C) groups is 1. The zero-order valence-corrected chi connectivity index (χ0v) is 21.2. The number of guanidine groups is 1. The molecular formula is C19H35BrIN5O. The van der Waals surface area contributed by atoms with E-state index in [4.69, 9.17) is 9.73 Å². The van der Waals surface area contributed by atoms with Crippen molar-refractivity contribution in [3.8, 4) is 0 Å². The van der Waals surface area contributed by atoms with E-state index >= 15 is 0 Å². The number of aryl methyl sites for hydroxylation is 1. The summed E-state index contributed by atoms with van der Waals surface area (Å²) in [6, 6.07) is 2.15. The third-order valence-corrected chi connectivity index (χ3v) is 4.89. The van der Waals surface area contributed by atoms with Crippen LogP contribution in [0.25, 0.3) is 0 Å². The number of hydrogen-bond donors (Lipinski definition) is 1. The quantitative estimate of drug-likeness (QED) is 0.319. The van der Waals surface area contributed by atoms with Gasteiger partial charge in [0.25, 0.3) is 0 Å². The van der Waals surface area contributed by atoms with Gasteiger partial charge in [-0.15, -0.1) is 24.0 Å². The number of nitrogens with zero attached hydrogens (tertiary/aromatic N) is 4. The molecule has 1 aromatic heterocycles. The fraction of sp³-hybridized carbons (Fsp3) is 0.737. The van der Waals surface area contributed by atoms with Crippen LogP contribution in [-0.2, 0) is 18.3 Å². The molecule has 0 amide bonds. The van der Waals surface area contributed by atoms with E-state index in [1.165, 1.54) is 5.69 Å². The molecule has 0 aliphatic carbocycles. The average molecular weight is 556 g/mol. The van der Waals surface area contributed by atoms with Gasteiger partial charge in [-0.2, -0.15) is 0 Å². The Balaban J connectivity index is 0.00000364. The van der Waals surface area contributed by atoms with Gasteiger partial charge in [0.2, 0.25) is 0 Å². The van der Waals surface area contributed by atoms with Crippen molar-refractivity contribution in [2.24, 2.45) is 18.0 Å². The lowest BCUT2D eigenvalue weighted by molar-refractivity contribution is -0.0262. The van der Waals surface area contributed by atoms with Gasteiger partial charge in [0.1, 0.15) is 0 Å². The molecule has 1 atom stereocenters. The van der Waals surface area contributed by atoms with Crippen LogP contribution in [0.2, 0.25) is 0 Å². The lowest BCUT2D eigenvalue weighted by Gasteiger charge is -2.33. The molecule has 0 radical (unpaired) electrons. The van der Waals surface area contributed by atoms with E-state index in [9.17, 15) is 0 Å². The van der Waals surface area contributed by atoms with Gasteiger partial charge in [-0.25, -0.2) is 0 Å². The van der Waals surface area contributed by atoms with Crippen molar-refractivity contribution in [2.45, 2.75) is 33.4 Å². The molecule has 8 heteroatoms. The molecule has 1 aromatic rings. The number of rotatable bonds is 7. The molecule has 1 saturated heterocycles. The first-order valence-electron chi connectivity index (χ1n) is 9.53. The maximum atomic E-state index is 5.93. The molecule has 0 spiro atoms. The van der Waals surface area contributed by atoms with E-state index in [1.807, 2.05) is 0 Å². The maximum Gasteiger partial charge on any atom is 0.194 e. The van der Waals surface area contributed by atoms with Gasteiger partial charge in [-0.1, -0.05) is 13.8 Å². The third kappa shape index (κ3) is 8.29. The van der Waals surface area contributed by atoms with Crippen LogP contribution < -0.4 is 5.32 Å². The molecule has 156 valence electrons. The Morgan fingerprint density at radius 2 is 2.22 bits per heavy atom. The van der Waals surface area contributed by atoms with E-state index in [1.54, 1.807) is 0 Å². The monoisotopic (exact) mass is 555 g/mol. The van der Waals surface area contributed by atoms with Gasteiger partial charge in [-0.05, 0) is 34.8 Å². The minimum atomic E-state index is 0. The Morgan fingerprint density at radius 3 is 2.81 bits per heavy atom. The fourth-order valence-corrected chi connectivity index (χ4v) is 3.84. The molecule has 6 nitrogen and oxygen atoms in total. The van der Waals surface area contributed by atoms with Crippen LogP contribution in [0.1, 0.15) is 26.5 Å². The zero-order chi connectivity index (χ0) is 19.1. The smallest absolute Gasteiger partial charge is 0.194 e. The lowest BCUT2D eigenvalue weighted by Crippen LogP contribution is -2.46. The summed E-state index contributed by atoms with van der Waals surface area (Å²) in [6.45, 7) is 12.9. The molecule has 1 fully saturated rings. The predicted molar refractivity (Wildman–Crippen MR) is 127 cm³/mol. The SMILES string of the molecule is CCNC(=NCC1CN(CC(C)C)CCO1)N(C)Cc1cc(Br)cn1C.I. The number of nitrogens with one attached hydrogen (secondary N) is 1. The molecule has 1 N–H and O–H groups in total. The summed E-state index contributed by atoms with van der Waals surface area (Å²) >= 11 is 3.54. The van der Waals surface area contributed by atoms with Gasteiger partial charge in [0, 0.05) is 56.6 Å². The van der Waals surface area contributed by atoms with E-state index in [2.05, 4.69) is 82.7 Å².